The smallest absolute Gasteiger partial charge is 0.228 e. The quantitative estimate of drug-likeness (QED) is 0.787. The highest BCUT2D eigenvalue weighted by molar-refractivity contribution is 5.85. The zero-order valence-electron chi connectivity index (χ0n) is 14.8. The van der Waals surface area contributed by atoms with Gasteiger partial charge in [0, 0.05) is 7.11 Å². The minimum atomic E-state index is -0.419. The third kappa shape index (κ3) is 5.65. The van der Waals surface area contributed by atoms with Gasteiger partial charge in [-0.25, -0.2) is 0 Å². The Balaban J connectivity index is 0.00000288. The molecule has 1 aliphatic rings. The Bertz CT molecular complexity index is 513. The van der Waals surface area contributed by atoms with Gasteiger partial charge in [-0.2, -0.15) is 0 Å². The number of methoxy groups -OCH3 is 1. The van der Waals surface area contributed by atoms with Crippen molar-refractivity contribution in [2.75, 3.05) is 33.4 Å². The van der Waals surface area contributed by atoms with Gasteiger partial charge >= 0.3 is 0 Å². The van der Waals surface area contributed by atoms with E-state index in [1.807, 2.05) is 38.1 Å². The number of rotatable bonds is 7. The summed E-state index contributed by atoms with van der Waals surface area (Å²) in [5.41, 5.74) is 0.741. The lowest BCUT2D eigenvalue weighted by atomic mass is 9.78. The summed E-state index contributed by atoms with van der Waals surface area (Å²) in [5, 5.41) is 6.39. The molecule has 1 aromatic rings. The van der Waals surface area contributed by atoms with Crippen LogP contribution in [0.3, 0.4) is 0 Å². The number of hydrogen-bond acceptors (Lipinski definition) is 4. The average Bonchev–Trinajstić information content (AvgIpc) is 2.54. The summed E-state index contributed by atoms with van der Waals surface area (Å²) in [4.78, 5) is 12.7. The predicted molar refractivity (Wildman–Crippen MR) is 97.9 cm³/mol. The Morgan fingerprint density at radius 1 is 1.38 bits per heavy atom. The molecule has 1 aliphatic heterocycles. The Labute approximate surface area is 150 Å². The fraction of sp³-hybridized carbons (Fsp3) is 0.611. The number of halogens is 1. The van der Waals surface area contributed by atoms with E-state index in [4.69, 9.17) is 9.47 Å². The van der Waals surface area contributed by atoms with E-state index in [0.717, 1.165) is 37.2 Å². The van der Waals surface area contributed by atoms with Crippen LogP contribution in [0.2, 0.25) is 0 Å². The van der Waals surface area contributed by atoms with E-state index in [0.29, 0.717) is 13.2 Å². The number of ether oxygens (including phenoxy) is 2. The molecule has 1 unspecified atom stereocenters. The second-order valence-electron chi connectivity index (χ2n) is 6.47. The SMILES string of the molecule is COCC1(C(=O)NC(C)COc2cccc(C)c2)CCNCC1.Cl. The number of benzene rings is 1. The molecule has 1 saturated heterocycles. The van der Waals surface area contributed by atoms with E-state index < -0.39 is 5.41 Å². The van der Waals surface area contributed by atoms with E-state index in [1.165, 1.54) is 0 Å². The third-order valence-corrected chi connectivity index (χ3v) is 4.33. The molecule has 5 nitrogen and oxygen atoms in total. The van der Waals surface area contributed by atoms with Gasteiger partial charge in [-0.05, 0) is 57.5 Å². The van der Waals surface area contributed by atoms with Gasteiger partial charge in [0.25, 0.3) is 0 Å². The lowest BCUT2D eigenvalue weighted by Gasteiger charge is -2.36. The number of nitrogens with one attached hydrogen (secondary N) is 2. The molecular weight excluding hydrogens is 328 g/mol. The van der Waals surface area contributed by atoms with Crippen LogP contribution in [0.5, 0.6) is 5.75 Å². The zero-order chi connectivity index (χ0) is 16.7. The van der Waals surface area contributed by atoms with Crippen LogP contribution < -0.4 is 15.4 Å². The second-order valence-corrected chi connectivity index (χ2v) is 6.47. The first-order valence-electron chi connectivity index (χ1n) is 8.26. The molecule has 0 aliphatic carbocycles. The molecule has 1 atom stereocenters. The summed E-state index contributed by atoms with van der Waals surface area (Å²) in [5.74, 6) is 0.903. The highest BCUT2D eigenvalue weighted by atomic mass is 35.5. The Kier molecular flexibility index (Phi) is 8.53. The van der Waals surface area contributed by atoms with Crippen LogP contribution >= 0.6 is 12.4 Å². The molecule has 6 heteroatoms. The molecule has 0 saturated carbocycles. The maximum atomic E-state index is 12.7. The van der Waals surface area contributed by atoms with Crippen molar-refractivity contribution in [2.24, 2.45) is 5.41 Å². The molecule has 0 aromatic heterocycles. The Morgan fingerprint density at radius 2 is 2.08 bits per heavy atom. The summed E-state index contributed by atoms with van der Waals surface area (Å²) >= 11 is 0. The molecule has 136 valence electrons. The molecule has 0 bridgehead atoms. The van der Waals surface area contributed by atoms with Crippen molar-refractivity contribution < 1.29 is 14.3 Å². The highest BCUT2D eigenvalue weighted by Gasteiger charge is 2.40. The Morgan fingerprint density at radius 3 is 2.71 bits per heavy atom. The van der Waals surface area contributed by atoms with Gasteiger partial charge in [0.05, 0.1) is 18.1 Å². The summed E-state index contributed by atoms with van der Waals surface area (Å²) in [6.07, 6.45) is 1.61. The van der Waals surface area contributed by atoms with Gasteiger partial charge in [0.1, 0.15) is 12.4 Å². The van der Waals surface area contributed by atoms with Crippen LogP contribution in [0.15, 0.2) is 24.3 Å². The van der Waals surface area contributed by atoms with Crippen LogP contribution in [0.1, 0.15) is 25.3 Å². The van der Waals surface area contributed by atoms with Crippen molar-refractivity contribution in [1.82, 2.24) is 10.6 Å². The van der Waals surface area contributed by atoms with Gasteiger partial charge < -0.3 is 20.1 Å². The maximum absolute atomic E-state index is 12.7. The normalized spacial score (nSPS) is 17.5. The molecule has 1 aromatic carbocycles. The minimum Gasteiger partial charge on any atom is -0.491 e. The van der Waals surface area contributed by atoms with Crippen molar-refractivity contribution in [3.8, 4) is 5.75 Å². The first-order chi connectivity index (χ1) is 11.1. The summed E-state index contributed by atoms with van der Waals surface area (Å²) in [6, 6.07) is 7.88. The van der Waals surface area contributed by atoms with Crippen LogP contribution in [-0.4, -0.2) is 45.4 Å². The summed E-state index contributed by atoms with van der Waals surface area (Å²) in [6.45, 7) is 6.62. The van der Waals surface area contributed by atoms with E-state index in [2.05, 4.69) is 10.6 Å². The predicted octanol–water partition coefficient (Wildman–Crippen LogP) is 2.32. The molecule has 24 heavy (non-hydrogen) atoms. The fourth-order valence-electron chi connectivity index (χ4n) is 2.96. The summed E-state index contributed by atoms with van der Waals surface area (Å²) < 4.78 is 11.1. The molecule has 1 amide bonds. The minimum absolute atomic E-state index is 0. The lowest BCUT2D eigenvalue weighted by molar-refractivity contribution is -0.137. The first kappa shape index (κ1) is 20.7. The van der Waals surface area contributed by atoms with Crippen molar-refractivity contribution >= 4 is 18.3 Å². The van der Waals surface area contributed by atoms with Gasteiger partial charge in [0.15, 0.2) is 0 Å². The zero-order valence-corrected chi connectivity index (χ0v) is 15.6. The van der Waals surface area contributed by atoms with Crippen LogP contribution in [-0.2, 0) is 9.53 Å². The fourth-order valence-corrected chi connectivity index (χ4v) is 2.96. The molecule has 2 N–H and O–H groups in total. The molecule has 2 rings (SSSR count). The van der Waals surface area contributed by atoms with Crippen LogP contribution in [0, 0.1) is 12.3 Å². The lowest BCUT2D eigenvalue weighted by Crippen LogP contribution is -2.52. The van der Waals surface area contributed by atoms with Crippen molar-refractivity contribution in [1.29, 1.82) is 0 Å². The molecule has 0 radical (unpaired) electrons. The van der Waals surface area contributed by atoms with Crippen LogP contribution in [0.25, 0.3) is 0 Å². The molecule has 0 spiro atoms. The Hall–Kier alpha value is -1.30. The average molecular weight is 357 g/mol. The van der Waals surface area contributed by atoms with Gasteiger partial charge in [0.2, 0.25) is 5.91 Å². The van der Waals surface area contributed by atoms with E-state index in [-0.39, 0.29) is 24.4 Å². The monoisotopic (exact) mass is 356 g/mol. The number of hydrogen-bond donors (Lipinski definition) is 2. The maximum Gasteiger partial charge on any atom is 0.228 e. The molecule has 1 heterocycles. The first-order valence-corrected chi connectivity index (χ1v) is 8.26. The molecule has 1 fully saturated rings. The number of piperidine rings is 1. The van der Waals surface area contributed by atoms with Gasteiger partial charge in [-0.3, -0.25) is 4.79 Å². The molecular formula is C18H29ClN2O3. The van der Waals surface area contributed by atoms with Crippen LogP contribution in [0.4, 0.5) is 0 Å². The number of carbonyl (C=O) groups is 1. The second kappa shape index (κ2) is 9.87. The van der Waals surface area contributed by atoms with Crippen molar-refractivity contribution in [2.45, 2.75) is 32.7 Å². The topological polar surface area (TPSA) is 59.6 Å². The number of aryl methyl sites for hydroxylation is 1. The number of amides is 1. The van der Waals surface area contributed by atoms with Crippen molar-refractivity contribution in [3.63, 3.8) is 0 Å². The number of carbonyl (C=O) groups excluding carboxylic acids is 1. The third-order valence-electron chi connectivity index (χ3n) is 4.33. The van der Waals surface area contributed by atoms with Crippen molar-refractivity contribution in [3.05, 3.63) is 29.8 Å². The highest BCUT2D eigenvalue weighted by Crippen LogP contribution is 2.29. The van der Waals surface area contributed by atoms with Gasteiger partial charge in [-0.15, -0.1) is 12.4 Å². The summed E-state index contributed by atoms with van der Waals surface area (Å²) in [7, 11) is 1.65. The largest absolute Gasteiger partial charge is 0.491 e. The van der Waals surface area contributed by atoms with E-state index in [1.54, 1.807) is 7.11 Å². The van der Waals surface area contributed by atoms with Gasteiger partial charge in [-0.1, -0.05) is 12.1 Å². The standard InChI is InChI=1S/C18H28N2O3.ClH/c1-14-5-4-6-16(11-14)23-12-15(2)20-17(21)18(13-22-3)7-9-19-10-8-18;/h4-6,11,15,19H,7-10,12-13H2,1-3H3,(H,20,21);1H. The van der Waals surface area contributed by atoms with E-state index >= 15 is 0 Å². The van der Waals surface area contributed by atoms with E-state index in [9.17, 15) is 4.79 Å².